The summed E-state index contributed by atoms with van der Waals surface area (Å²) in [5, 5.41) is 29.3. The Labute approximate surface area is 826 Å². The molecule has 27 nitrogen and oxygen atoms in total. The molecule has 1 unspecified atom stereocenters. The maximum absolute atomic E-state index is 13.7. The molecule has 0 saturated carbocycles. The Balaban J connectivity index is 0.000000139. The number of halogens is 11. The number of rotatable bonds is 26. The number of ketones is 1. The van der Waals surface area contributed by atoms with Crippen molar-refractivity contribution < 1.29 is 98.0 Å². The number of allylic oxidation sites excluding steroid dienone is 3. The molecule has 1 amide bonds. The molecule has 9 N–H and O–H groups in total. The van der Waals surface area contributed by atoms with Crippen LogP contribution in [0.3, 0.4) is 0 Å². The van der Waals surface area contributed by atoms with E-state index in [1.54, 1.807) is 184 Å². The lowest BCUT2D eigenvalue weighted by molar-refractivity contribution is -0.156. The third-order valence-corrected chi connectivity index (χ3v) is 21.5. The molecule has 12 aromatic carbocycles. The molecule has 6 heterocycles. The van der Waals surface area contributed by atoms with Crippen molar-refractivity contribution in [3.05, 3.63) is 415 Å². The minimum atomic E-state index is -4.41. The summed E-state index contributed by atoms with van der Waals surface area (Å²) in [7, 11) is 0.688. The van der Waals surface area contributed by atoms with Gasteiger partial charge >= 0.3 is 6.18 Å². The monoisotopic (exact) mass is 2010 g/mol. The molecule has 0 spiro atoms. The summed E-state index contributed by atoms with van der Waals surface area (Å²) in [6.07, 6.45) is 7.14. The minimum Gasteiger partial charge on any atom is -0.506 e. The number of carbonyl (C=O) groups is 2. The number of alkyl halides is 3. The zero-order valence-electron chi connectivity index (χ0n) is 77.7. The van der Waals surface area contributed by atoms with Gasteiger partial charge in [-0.25, -0.2) is 69.1 Å². The van der Waals surface area contributed by atoms with E-state index in [2.05, 4.69) is 83.4 Å². The SMILES string of the molecule is C/C=C(\F)c1cccc(-c2cnc(Nc3ccc(F)cc3)o2)c1.C=C1C(=O)C(c2cccc(-c3cnc(Nc4ccccc4F)o3)c2)=C1O.CN(F)C(=O)c1cccc(-c2cnc(Nc3ccc(F)cc3)o2)c1.CN=C(C)c1cccc(-c2cnc(Nc3ccc(F)cc3)o2)c1.CNC(c1cccc(-c2cnc(Nc3ccc(F)cc3)o2)c1)C(F)(F)F.CS(=O)(=O)Nc1cccc(-c2cnc(Nc3ccccc3F)o2)c1. The molecular weight excluding hydrogens is 1930 g/mol. The molecule has 0 saturated heterocycles. The highest BCUT2D eigenvalue weighted by Gasteiger charge is 2.40. The zero-order valence-corrected chi connectivity index (χ0v) is 78.5. The fourth-order valence-electron chi connectivity index (χ4n) is 13.7. The van der Waals surface area contributed by atoms with Crippen LogP contribution in [0.4, 0.5) is 124 Å². The third kappa shape index (κ3) is 28.2. The van der Waals surface area contributed by atoms with Crippen molar-refractivity contribution in [2.75, 3.05) is 64.0 Å². The largest absolute Gasteiger partial charge is 0.506 e. The van der Waals surface area contributed by atoms with Gasteiger partial charge in [0.2, 0.25) is 15.8 Å². The molecular formula is C107H85F11N16O11S. The average Bonchev–Trinajstić information content (AvgIpc) is 1.15. The summed E-state index contributed by atoms with van der Waals surface area (Å²) in [5.74, 6) is -0.802. The number of aliphatic hydroxyl groups is 1. The van der Waals surface area contributed by atoms with Gasteiger partial charge in [-0.1, -0.05) is 138 Å². The number of hydrogen-bond acceptors (Lipinski definition) is 25. The van der Waals surface area contributed by atoms with Crippen LogP contribution < -0.4 is 41.9 Å². The molecule has 0 aliphatic heterocycles. The Hall–Kier alpha value is -18.5. The van der Waals surface area contributed by atoms with E-state index < -0.39 is 39.8 Å². The van der Waals surface area contributed by atoms with Gasteiger partial charge in [0.05, 0.1) is 66.0 Å². The number of anilines is 13. The number of aromatic nitrogens is 6. The van der Waals surface area contributed by atoms with Crippen molar-refractivity contribution in [1.29, 1.82) is 0 Å². The predicted molar refractivity (Wildman–Crippen MR) is 536 cm³/mol. The average molecular weight is 2010 g/mol. The Morgan fingerprint density at radius 3 is 1.11 bits per heavy atom. The van der Waals surface area contributed by atoms with Gasteiger partial charge in [-0.15, -0.1) is 0 Å². The lowest BCUT2D eigenvalue weighted by Gasteiger charge is -2.20. The van der Waals surface area contributed by atoms with Crippen molar-refractivity contribution in [2.45, 2.75) is 26.1 Å². The van der Waals surface area contributed by atoms with Crippen LogP contribution in [0.1, 0.15) is 52.5 Å². The van der Waals surface area contributed by atoms with Crippen LogP contribution in [0, 0.1) is 34.9 Å². The van der Waals surface area contributed by atoms with Crippen molar-refractivity contribution in [3.8, 4) is 67.9 Å². The van der Waals surface area contributed by atoms with E-state index in [0.717, 1.165) is 35.7 Å². The molecule has 0 fully saturated rings. The number of Topliss-reactive ketones (excluding diaryl/α,β-unsaturated/α-hetero) is 1. The van der Waals surface area contributed by atoms with E-state index in [9.17, 15) is 71.5 Å². The highest BCUT2D eigenvalue weighted by Crippen LogP contribution is 2.40. The van der Waals surface area contributed by atoms with Gasteiger partial charge in [0, 0.05) is 92.8 Å². The van der Waals surface area contributed by atoms with Crippen molar-refractivity contribution in [2.24, 2.45) is 4.99 Å². The molecule has 6 aromatic heterocycles. The van der Waals surface area contributed by atoms with Gasteiger partial charge in [0.15, 0.2) is 34.6 Å². The molecule has 1 aliphatic rings. The maximum atomic E-state index is 13.7. The molecule has 742 valence electrons. The van der Waals surface area contributed by atoms with Crippen LogP contribution >= 0.6 is 0 Å². The third-order valence-electron chi connectivity index (χ3n) is 20.9. The fraction of sp³-hybridized carbons (Fsp3) is 0.0748. The van der Waals surface area contributed by atoms with Crippen LogP contribution in [0.15, 0.2) is 384 Å². The Morgan fingerprint density at radius 2 is 0.753 bits per heavy atom. The first-order valence-corrected chi connectivity index (χ1v) is 45.6. The Kier molecular flexibility index (Phi) is 33.7. The second-order valence-electron chi connectivity index (χ2n) is 31.3. The van der Waals surface area contributed by atoms with Gasteiger partial charge in [0.1, 0.15) is 52.5 Å². The first-order chi connectivity index (χ1) is 70.1. The molecule has 0 bridgehead atoms. The molecule has 146 heavy (non-hydrogen) atoms. The number of benzene rings is 12. The van der Waals surface area contributed by atoms with E-state index in [4.69, 9.17) is 26.5 Å². The number of aliphatic imine (C=N–C) groups is 1. The number of hydrogen-bond donors (Lipinski definition) is 9. The predicted octanol–water partition coefficient (Wildman–Crippen LogP) is 27.7. The maximum Gasteiger partial charge on any atom is 0.407 e. The van der Waals surface area contributed by atoms with E-state index in [1.807, 2.05) is 37.3 Å². The molecule has 1 aliphatic carbocycles. The summed E-state index contributed by atoms with van der Waals surface area (Å²) >= 11 is 0. The number of aliphatic hydroxyl groups excluding tert-OH is 1. The Morgan fingerprint density at radius 1 is 0.432 bits per heavy atom. The van der Waals surface area contributed by atoms with Crippen LogP contribution in [-0.4, -0.2) is 99.5 Å². The number of nitrogens with zero attached hydrogens (tertiary/aromatic N) is 8. The molecule has 0 radical (unpaired) electrons. The van der Waals surface area contributed by atoms with Crippen molar-refractivity contribution in [1.82, 2.24) is 40.3 Å². The van der Waals surface area contributed by atoms with Gasteiger partial charge in [0.25, 0.3) is 42.0 Å². The van der Waals surface area contributed by atoms with E-state index in [0.29, 0.717) is 102 Å². The van der Waals surface area contributed by atoms with Gasteiger partial charge < -0.3 is 68.8 Å². The minimum absolute atomic E-state index is 0.0149. The highest BCUT2D eigenvalue weighted by molar-refractivity contribution is 7.92. The number of amides is 1. The van der Waals surface area contributed by atoms with Crippen LogP contribution in [0.25, 0.3) is 79.3 Å². The summed E-state index contributed by atoms with van der Waals surface area (Å²) in [6.45, 7) is 7.10. The van der Waals surface area contributed by atoms with Crippen LogP contribution in [-0.2, 0) is 14.8 Å². The van der Waals surface area contributed by atoms with E-state index in [1.165, 1.54) is 141 Å². The van der Waals surface area contributed by atoms with Gasteiger partial charge in [-0.2, -0.15) is 18.3 Å². The standard InChI is InChI=1S/C20H13FN2O3.C18H15F4N3O.C18H14F2N2O.C18H16FN3O.C17H13F2N3O2.C16H14FN3O3S/c1-11-18(24)17(19(11)25)13-6-4-5-12(9-13)16-10-22-20(26-16)23-15-8-3-2-7-14(15)21;1-23-16(18(20,21)22)12-4-2-3-11(9-12)15-10-24-17(26-15)25-14-7-5-13(19)6-8-14;1-2-16(20)12-4-3-5-13(10-12)17-11-21-18(23-17)22-15-8-6-14(19)7-9-15;1-12(20-2)13-4-3-5-14(10-13)17-11-21-18(23-17)22-16-8-6-15(19)7-9-16;1-22(19)16(23)12-4-2-3-11(9-12)15-10-20-17(24-15)21-14-7-5-13(18)6-8-14;1-24(21,22)20-12-6-4-5-11(9-12)15-10-18-16(23-15)19-14-8-3-2-7-13(14)17/h2-10,24H,1H2,(H,22,23);2-10,16,23H,1H3,(H,24,25);2-11H,1H3,(H,21,22);3-11H,1-2H3,(H,21,22);2-10H,1H3,(H,20,21);2-10,20H,1H3,(H,18,19)/b;;16-2-;;;. The summed E-state index contributed by atoms with van der Waals surface area (Å²) in [5.41, 5.74) is 11.1. The highest BCUT2D eigenvalue weighted by atomic mass is 32.2. The van der Waals surface area contributed by atoms with Gasteiger partial charge in [-0.05, 0) is 207 Å². The lowest BCUT2D eigenvalue weighted by atomic mass is 9.84. The first-order valence-electron chi connectivity index (χ1n) is 43.8. The summed E-state index contributed by atoms with van der Waals surface area (Å²) in [4.78, 5) is 52.3. The van der Waals surface area contributed by atoms with Crippen molar-refractivity contribution in [3.63, 3.8) is 0 Å². The lowest BCUT2D eigenvalue weighted by Crippen LogP contribution is -2.31. The van der Waals surface area contributed by atoms with Gasteiger partial charge in [-0.3, -0.25) is 19.3 Å². The normalized spacial score (nSPS) is 11.9. The number of nitrogens with one attached hydrogen (secondary N) is 8. The van der Waals surface area contributed by atoms with Crippen LogP contribution in [0.2, 0.25) is 0 Å². The Bertz CT molecular complexity index is 7680. The zero-order chi connectivity index (χ0) is 104. The van der Waals surface area contributed by atoms with E-state index >= 15 is 0 Å². The van der Waals surface area contributed by atoms with Crippen LogP contribution in [0.5, 0.6) is 0 Å². The number of para-hydroxylation sites is 2. The summed E-state index contributed by atoms with van der Waals surface area (Å²) in [6, 6.07) is 75.9. The first kappa shape index (κ1) is 103. The second kappa shape index (κ2) is 47.6. The molecule has 19 rings (SSSR count). The number of carbonyl (C=O) groups excluding carboxylic acids is 2. The smallest absolute Gasteiger partial charge is 0.407 e. The fourth-order valence-corrected chi connectivity index (χ4v) is 14.2. The van der Waals surface area contributed by atoms with Crippen molar-refractivity contribution >= 4 is 115 Å². The topological polar surface area (TPSA) is 357 Å². The summed E-state index contributed by atoms with van der Waals surface area (Å²) < 4.78 is 203. The molecule has 39 heteroatoms. The quantitative estimate of drug-likeness (QED) is 0.0105. The number of oxazole rings is 6. The molecule has 18 aromatic rings. The second-order valence-corrected chi connectivity index (χ2v) is 33.1. The number of sulfonamides is 1. The van der Waals surface area contributed by atoms with E-state index in [-0.39, 0.29) is 109 Å². The molecule has 1 atom stereocenters.